The van der Waals surface area contributed by atoms with Gasteiger partial charge in [-0.05, 0) is 80.6 Å². The van der Waals surface area contributed by atoms with Crippen molar-refractivity contribution in [3.05, 3.63) is 82.6 Å². The zero-order valence-electron chi connectivity index (χ0n) is 24.6. The molecule has 2 aromatic heterocycles. The number of carbonyl (C=O) groups excluding carboxylic acids is 2. The lowest BCUT2D eigenvalue weighted by molar-refractivity contribution is -0.141. The summed E-state index contributed by atoms with van der Waals surface area (Å²) in [6.45, 7) is 8.70. The van der Waals surface area contributed by atoms with Crippen LogP contribution in [0.3, 0.4) is 0 Å². The first-order chi connectivity index (χ1) is 20.8. The van der Waals surface area contributed by atoms with Gasteiger partial charge in [0.05, 0.1) is 17.3 Å². The molecule has 9 heteroatoms. The summed E-state index contributed by atoms with van der Waals surface area (Å²) < 4.78 is 6.23. The van der Waals surface area contributed by atoms with Crippen LogP contribution in [-0.2, 0) is 17.8 Å². The number of anilines is 1. The fraction of sp³-hybridized carbons (Fsp3) is 0.382. The van der Waals surface area contributed by atoms with Crippen molar-refractivity contribution in [1.82, 2.24) is 19.8 Å². The first kappa shape index (κ1) is 27.9. The first-order valence-corrected chi connectivity index (χ1v) is 15.5. The van der Waals surface area contributed by atoms with Gasteiger partial charge in [0, 0.05) is 73.5 Å². The lowest BCUT2D eigenvalue weighted by Crippen LogP contribution is -2.61. The maximum atomic E-state index is 13.5. The Morgan fingerprint density at radius 3 is 2.63 bits per heavy atom. The number of Topliss-reactive ketones (excluding diaryl/α,β-unsaturated/α-hetero) is 1. The van der Waals surface area contributed by atoms with Gasteiger partial charge in [-0.1, -0.05) is 17.7 Å². The van der Waals surface area contributed by atoms with Crippen LogP contribution in [0.1, 0.15) is 48.2 Å². The highest BCUT2D eigenvalue weighted by Crippen LogP contribution is 2.39. The van der Waals surface area contributed by atoms with Crippen LogP contribution in [0.4, 0.5) is 5.69 Å². The van der Waals surface area contributed by atoms with Gasteiger partial charge in [0.1, 0.15) is 17.1 Å². The van der Waals surface area contributed by atoms with Gasteiger partial charge in [-0.3, -0.25) is 14.5 Å². The van der Waals surface area contributed by atoms with Crippen LogP contribution < -0.4 is 9.64 Å². The molecule has 0 unspecified atom stereocenters. The number of benzene rings is 2. The van der Waals surface area contributed by atoms with Gasteiger partial charge in [0.2, 0.25) is 5.91 Å². The van der Waals surface area contributed by atoms with Crippen LogP contribution in [-0.4, -0.2) is 69.7 Å². The Labute approximate surface area is 256 Å². The first-order valence-electron chi connectivity index (χ1n) is 15.1. The van der Waals surface area contributed by atoms with Crippen molar-refractivity contribution in [1.29, 1.82) is 0 Å². The van der Waals surface area contributed by atoms with E-state index in [1.807, 2.05) is 42.6 Å². The summed E-state index contributed by atoms with van der Waals surface area (Å²) in [4.78, 5) is 40.4. The van der Waals surface area contributed by atoms with Crippen LogP contribution in [0.15, 0.2) is 60.9 Å². The number of piperazine rings is 1. The minimum atomic E-state index is -0.293. The number of ether oxygens (including phenoxy) is 1. The number of amides is 1. The van der Waals surface area contributed by atoms with Crippen molar-refractivity contribution >= 4 is 40.0 Å². The summed E-state index contributed by atoms with van der Waals surface area (Å²) in [7, 11) is 0. The maximum absolute atomic E-state index is 13.5. The molecule has 0 radical (unpaired) electrons. The van der Waals surface area contributed by atoms with Crippen molar-refractivity contribution in [2.75, 3.05) is 37.6 Å². The smallest absolute Gasteiger partial charge is 0.226 e. The molecule has 4 aromatic rings. The molecule has 222 valence electrons. The van der Waals surface area contributed by atoms with Crippen LogP contribution in [0, 0.1) is 5.92 Å². The molecular formula is C34H36ClN5O3. The molecule has 1 aliphatic carbocycles. The molecular weight excluding hydrogens is 562 g/mol. The Kier molecular flexibility index (Phi) is 7.14. The minimum Gasteiger partial charge on any atom is -0.455 e. The Bertz CT molecular complexity index is 1710. The number of fused-ring (bicyclic) bond motifs is 2. The summed E-state index contributed by atoms with van der Waals surface area (Å²) in [5, 5.41) is 1.70. The largest absolute Gasteiger partial charge is 0.455 e. The number of nitrogens with one attached hydrogen (secondary N) is 1. The predicted molar refractivity (Wildman–Crippen MR) is 168 cm³/mol. The fourth-order valence-electron chi connectivity index (χ4n) is 6.65. The summed E-state index contributed by atoms with van der Waals surface area (Å²) in [6, 6.07) is 15.8. The number of pyridine rings is 1. The van der Waals surface area contributed by atoms with Crippen LogP contribution in [0.25, 0.3) is 11.0 Å². The molecule has 8 nitrogen and oxygen atoms in total. The van der Waals surface area contributed by atoms with Gasteiger partial charge in [-0.25, -0.2) is 4.98 Å². The number of aromatic nitrogens is 2. The average molecular weight is 598 g/mol. The third-order valence-corrected chi connectivity index (χ3v) is 9.40. The molecule has 1 saturated carbocycles. The SMILES string of the molecule is CC(=O)c1ccc(N2CCN(C[C@]3(C)Cc4cc(Cl)ccc4CN3C(=O)C3CC3)CC2)cc1Oc1cnc2[nH]ccc2c1. The predicted octanol–water partition coefficient (Wildman–Crippen LogP) is 6.09. The second kappa shape index (κ2) is 11.0. The van der Waals surface area contributed by atoms with E-state index in [0.29, 0.717) is 29.5 Å². The van der Waals surface area contributed by atoms with E-state index in [0.717, 1.165) is 73.7 Å². The Morgan fingerprint density at radius 1 is 1.05 bits per heavy atom. The Morgan fingerprint density at radius 2 is 1.86 bits per heavy atom. The maximum Gasteiger partial charge on any atom is 0.226 e. The molecule has 2 aromatic carbocycles. The number of aromatic amines is 1. The summed E-state index contributed by atoms with van der Waals surface area (Å²) in [5.41, 5.74) is 4.52. The number of rotatable bonds is 7. The van der Waals surface area contributed by atoms with Crippen LogP contribution in [0.2, 0.25) is 5.02 Å². The molecule has 1 amide bonds. The molecule has 7 rings (SSSR count). The fourth-order valence-corrected chi connectivity index (χ4v) is 6.84. The Hall–Kier alpha value is -3.88. The Balaban J connectivity index is 1.06. The van der Waals surface area contributed by atoms with Crippen molar-refractivity contribution in [3.63, 3.8) is 0 Å². The monoisotopic (exact) mass is 597 g/mol. The number of carbonyl (C=O) groups is 2. The number of H-pyrrole nitrogens is 1. The van der Waals surface area contributed by atoms with E-state index in [-0.39, 0.29) is 17.2 Å². The zero-order chi connectivity index (χ0) is 29.7. The highest BCUT2D eigenvalue weighted by molar-refractivity contribution is 6.30. The van der Waals surface area contributed by atoms with Crippen molar-refractivity contribution in [2.24, 2.45) is 5.92 Å². The van der Waals surface area contributed by atoms with Gasteiger partial charge in [-0.15, -0.1) is 0 Å². The quantitative estimate of drug-likeness (QED) is 0.260. The number of nitrogens with zero attached hydrogens (tertiary/aromatic N) is 4. The van der Waals surface area contributed by atoms with E-state index < -0.39 is 0 Å². The van der Waals surface area contributed by atoms with Crippen LogP contribution in [0.5, 0.6) is 11.5 Å². The van der Waals surface area contributed by atoms with Crippen molar-refractivity contribution < 1.29 is 14.3 Å². The number of hydrogen-bond donors (Lipinski definition) is 1. The van der Waals surface area contributed by atoms with Gasteiger partial charge in [0.15, 0.2) is 5.78 Å². The number of ketones is 1. The normalized spacial score (nSPS) is 20.7. The molecule has 4 heterocycles. The zero-order valence-corrected chi connectivity index (χ0v) is 25.4. The molecule has 3 aliphatic rings. The highest BCUT2D eigenvalue weighted by Gasteiger charge is 2.45. The second-order valence-electron chi connectivity index (χ2n) is 12.5. The van der Waals surface area contributed by atoms with E-state index >= 15 is 0 Å². The topological polar surface area (TPSA) is 81.8 Å². The van der Waals surface area contributed by atoms with E-state index in [4.69, 9.17) is 16.3 Å². The van der Waals surface area contributed by atoms with Crippen LogP contribution >= 0.6 is 11.6 Å². The molecule has 2 fully saturated rings. The van der Waals surface area contributed by atoms with Gasteiger partial charge in [0.25, 0.3) is 0 Å². The summed E-state index contributed by atoms with van der Waals surface area (Å²) in [5.74, 6) is 1.55. The van der Waals surface area contributed by atoms with Gasteiger partial charge >= 0.3 is 0 Å². The van der Waals surface area contributed by atoms with E-state index in [2.05, 4.69) is 43.7 Å². The second-order valence-corrected chi connectivity index (χ2v) is 12.9. The molecule has 1 atom stereocenters. The minimum absolute atomic E-state index is 0.0454. The lowest BCUT2D eigenvalue weighted by Gasteiger charge is -2.49. The molecule has 0 spiro atoms. The highest BCUT2D eigenvalue weighted by atomic mass is 35.5. The molecule has 0 bridgehead atoms. The lowest BCUT2D eigenvalue weighted by atomic mass is 9.83. The molecule has 1 N–H and O–H groups in total. The molecule has 43 heavy (non-hydrogen) atoms. The molecule has 2 aliphatic heterocycles. The van der Waals surface area contributed by atoms with Gasteiger partial charge in [-0.2, -0.15) is 0 Å². The summed E-state index contributed by atoms with van der Waals surface area (Å²) in [6.07, 6.45) is 6.32. The average Bonchev–Trinajstić information content (AvgIpc) is 3.74. The number of halogens is 1. The molecule has 1 saturated heterocycles. The van der Waals surface area contributed by atoms with Crippen molar-refractivity contribution in [2.45, 2.75) is 45.2 Å². The van der Waals surface area contributed by atoms with E-state index in [9.17, 15) is 9.59 Å². The van der Waals surface area contributed by atoms with Crippen molar-refractivity contribution in [3.8, 4) is 11.5 Å². The van der Waals surface area contributed by atoms with Gasteiger partial charge < -0.3 is 19.5 Å². The summed E-state index contributed by atoms with van der Waals surface area (Å²) >= 11 is 6.37. The standard InChI is InChI=1S/C34H36ClN5O3/c1-22(41)30-8-7-28(17-31(30)43-29-16-24-9-10-36-32(24)37-19-29)39-13-11-38(12-14-39)21-34(2)18-26-15-27(35)6-5-25(26)20-40(34)33(42)23-3-4-23/h5-10,15-17,19,23H,3-4,11-14,18,20-21H2,1-2H3,(H,36,37)/t34-/m0/s1. The number of hydrogen-bond acceptors (Lipinski definition) is 6. The van der Waals surface area contributed by atoms with E-state index in [1.165, 1.54) is 11.1 Å². The van der Waals surface area contributed by atoms with E-state index in [1.54, 1.807) is 13.1 Å². The third kappa shape index (κ3) is 5.61. The third-order valence-electron chi connectivity index (χ3n) is 9.16.